The van der Waals surface area contributed by atoms with Crippen molar-refractivity contribution in [3.63, 3.8) is 0 Å². The topological polar surface area (TPSA) is 74.3 Å². The van der Waals surface area contributed by atoms with Crippen LogP contribution in [0.25, 0.3) is 0 Å². The van der Waals surface area contributed by atoms with Crippen LogP contribution in [0.1, 0.15) is 11.4 Å². The van der Waals surface area contributed by atoms with Crippen molar-refractivity contribution in [2.75, 3.05) is 20.2 Å². The fraction of sp³-hybridized carbons (Fsp3) is 0.375. The third kappa shape index (κ3) is 4.58. The number of hydrogen-bond acceptors (Lipinski definition) is 5. The molecular weight excluding hydrogens is 280 g/mol. The van der Waals surface area contributed by atoms with Crippen molar-refractivity contribution in [2.45, 2.75) is 12.6 Å². The minimum absolute atomic E-state index is 0.205. The molecule has 6 heteroatoms. The molecule has 0 saturated carbocycles. The second-order valence-corrected chi connectivity index (χ2v) is 5.25. The largest absolute Gasteiger partial charge is 0.491 e. The van der Waals surface area contributed by atoms with Gasteiger partial charge in [0, 0.05) is 26.0 Å². The lowest BCUT2D eigenvalue weighted by atomic mass is 10.2. The van der Waals surface area contributed by atoms with Crippen molar-refractivity contribution in [3.8, 4) is 11.8 Å². The van der Waals surface area contributed by atoms with Gasteiger partial charge in [-0.25, -0.2) is 4.98 Å². The Bertz CT molecular complexity index is 630. The van der Waals surface area contributed by atoms with E-state index in [1.165, 1.54) is 0 Å². The molecule has 0 amide bonds. The van der Waals surface area contributed by atoms with Crippen LogP contribution in [0.5, 0.6) is 5.75 Å². The number of aliphatic hydroxyl groups is 1. The summed E-state index contributed by atoms with van der Waals surface area (Å²) in [4.78, 5) is 6.25. The number of imidazole rings is 1. The Hall–Kier alpha value is -2.36. The Morgan fingerprint density at radius 3 is 2.73 bits per heavy atom. The highest BCUT2D eigenvalue weighted by atomic mass is 16.5. The van der Waals surface area contributed by atoms with Crippen LogP contribution in [-0.4, -0.2) is 45.9 Å². The second kappa shape index (κ2) is 7.59. The molecule has 2 aromatic rings. The van der Waals surface area contributed by atoms with E-state index in [-0.39, 0.29) is 6.61 Å². The van der Waals surface area contributed by atoms with Crippen molar-refractivity contribution < 1.29 is 9.84 Å². The highest BCUT2D eigenvalue weighted by molar-refractivity contribution is 5.34. The van der Waals surface area contributed by atoms with E-state index in [4.69, 9.17) is 10.00 Å². The number of aromatic nitrogens is 2. The van der Waals surface area contributed by atoms with E-state index in [0.29, 0.717) is 24.4 Å². The Balaban J connectivity index is 1.76. The minimum atomic E-state index is -0.596. The first-order chi connectivity index (χ1) is 10.6. The molecule has 0 aliphatic rings. The third-order valence-electron chi connectivity index (χ3n) is 3.28. The average molecular weight is 300 g/mol. The van der Waals surface area contributed by atoms with Crippen molar-refractivity contribution in [1.82, 2.24) is 14.5 Å². The van der Waals surface area contributed by atoms with Crippen molar-refractivity contribution in [3.05, 3.63) is 48.0 Å². The van der Waals surface area contributed by atoms with Crippen molar-refractivity contribution >= 4 is 0 Å². The maximum Gasteiger partial charge on any atom is 0.122 e. The lowest BCUT2D eigenvalue weighted by molar-refractivity contribution is 0.0734. The van der Waals surface area contributed by atoms with E-state index in [2.05, 4.69) is 11.1 Å². The van der Waals surface area contributed by atoms with Gasteiger partial charge < -0.3 is 14.4 Å². The molecule has 1 heterocycles. The van der Waals surface area contributed by atoms with Gasteiger partial charge in [0.1, 0.15) is 24.3 Å². The summed E-state index contributed by atoms with van der Waals surface area (Å²) in [5, 5.41) is 18.8. The molecule has 0 radical (unpaired) electrons. The number of hydrogen-bond donors (Lipinski definition) is 1. The minimum Gasteiger partial charge on any atom is -0.491 e. The lowest BCUT2D eigenvalue weighted by Crippen LogP contribution is -2.33. The number of aryl methyl sites for hydroxylation is 1. The number of aliphatic hydroxyl groups excluding tert-OH is 1. The van der Waals surface area contributed by atoms with Crippen LogP contribution < -0.4 is 4.74 Å². The van der Waals surface area contributed by atoms with Gasteiger partial charge >= 0.3 is 0 Å². The molecule has 0 fully saturated rings. The summed E-state index contributed by atoms with van der Waals surface area (Å²) < 4.78 is 7.47. The van der Waals surface area contributed by atoms with Gasteiger partial charge in [-0.2, -0.15) is 5.26 Å². The predicted molar refractivity (Wildman–Crippen MR) is 82.2 cm³/mol. The molecule has 2 rings (SSSR count). The Labute approximate surface area is 130 Å². The molecule has 1 atom stereocenters. The quantitative estimate of drug-likeness (QED) is 0.830. The normalized spacial score (nSPS) is 12.1. The number of likely N-dealkylation sites (N-methyl/N-ethyl adjacent to an activating group) is 1. The van der Waals surface area contributed by atoms with Crippen LogP contribution in [0.2, 0.25) is 0 Å². The Kier molecular flexibility index (Phi) is 5.53. The molecular formula is C16H20N4O2. The van der Waals surface area contributed by atoms with Crippen molar-refractivity contribution in [1.29, 1.82) is 5.26 Å². The average Bonchev–Trinajstić information content (AvgIpc) is 2.90. The smallest absolute Gasteiger partial charge is 0.122 e. The van der Waals surface area contributed by atoms with Gasteiger partial charge in [-0.05, 0) is 31.3 Å². The van der Waals surface area contributed by atoms with Crippen LogP contribution in [0.4, 0.5) is 0 Å². The van der Waals surface area contributed by atoms with Crippen LogP contribution in [0.15, 0.2) is 36.7 Å². The maximum absolute atomic E-state index is 10.0. The summed E-state index contributed by atoms with van der Waals surface area (Å²) in [7, 11) is 3.88. The standard InChI is InChI=1S/C16H20N4O2/c1-19(11-16-18-7-8-20(16)2)10-14(21)12-22-15-5-3-13(9-17)4-6-15/h3-8,14,21H,10-12H2,1-2H3. The highest BCUT2D eigenvalue weighted by Crippen LogP contribution is 2.12. The zero-order valence-corrected chi connectivity index (χ0v) is 12.8. The summed E-state index contributed by atoms with van der Waals surface area (Å²) >= 11 is 0. The Morgan fingerprint density at radius 1 is 1.41 bits per heavy atom. The SMILES string of the molecule is CN(Cc1nccn1C)CC(O)COc1ccc(C#N)cc1. The zero-order valence-electron chi connectivity index (χ0n) is 12.8. The van der Waals surface area contributed by atoms with Gasteiger partial charge in [-0.15, -0.1) is 0 Å². The molecule has 0 saturated heterocycles. The number of rotatable bonds is 7. The maximum atomic E-state index is 10.0. The summed E-state index contributed by atoms with van der Waals surface area (Å²) in [5.74, 6) is 1.59. The monoisotopic (exact) mass is 300 g/mol. The molecule has 0 spiro atoms. The molecule has 1 aromatic carbocycles. The number of ether oxygens (including phenoxy) is 1. The molecule has 0 bridgehead atoms. The first-order valence-electron chi connectivity index (χ1n) is 7.04. The molecule has 0 aliphatic heterocycles. The number of nitrogens with zero attached hydrogens (tertiary/aromatic N) is 4. The van der Waals surface area contributed by atoms with E-state index in [1.807, 2.05) is 29.8 Å². The predicted octanol–water partition coefficient (Wildman–Crippen LogP) is 1.16. The molecule has 22 heavy (non-hydrogen) atoms. The third-order valence-corrected chi connectivity index (χ3v) is 3.28. The van der Waals surface area contributed by atoms with E-state index in [0.717, 1.165) is 5.82 Å². The van der Waals surface area contributed by atoms with E-state index < -0.39 is 6.10 Å². The molecule has 116 valence electrons. The van der Waals surface area contributed by atoms with Gasteiger partial charge in [0.05, 0.1) is 18.2 Å². The first kappa shape index (κ1) is 16.0. The summed E-state index contributed by atoms with van der Waals surface area (Å²) in [6.07, 6.45) is 3.06. The van der Waals surface area contributed by atoms with Gasteiger partial charge in [0.2, 0.25) is 0 Å². The van der Waals surface area contributed by atoms with Gasteiger partial charge in [0.25, 0.3) is 0 Å². The molecule has 1 unspecified atom stereocenters. The Morgan fingerprint density at radius 2 is 2.14 bits per heavy atom. The molecule has 0 aliphatic carbocycles. The van der Waals surface area contributed by atoms with E-state index >= 15 is 0 Å². The zero-order chi connectivity index (χ0) is 15.9. The summed E-state index contributed by atoms with van der Waals surface area (Å²) in [5.41, 5.74) is 0.586. The van der Waals surface area contributed by atoms with E-state index in [1.54, 1.807) is 30.5 Å². The second-order valence-electron chi connectivity index (χ2n) is 5.25. The summed E-state index contributed by atoms with van der Waals surface area (Å²) in [6.45, 7) is 1.36. The summed E-state index contributed by atoms with van der Waals surface area (Å²) in [6, 6.07) is 8.88. The molecule has 1 aromatic heterocycles. The lowest BCUT2D eigenvalue weighted by Gasteiger charge is -2.20. The highest BCUT2D eigenvalue weighted by Gasteiger charge is 2.11. The van der Waals surface area contributed by atoms with Gasteiger partial charge in [0.15, 0.2) is 0 Å². The van der Waals surface area contributed by atoms with Crippen LogP contribution in [0, 0.1) is 11.3 Å². The van der Waals surface area contributed by atoms with Crippen molar-refractivity contribution in [2.24, 2.45) is 7.05 Å². The van der Waals surface area contributed by atoms with E-state index in [9.17, 15) is 5.11 Å². The number of benzene rings is 1. The fourth-order valence-electron chi connectivity index (χ4n) is 2.09. The van der Waals surface area contributed by atoms with Gasteiger partial charge in [-0.3, -0.25) is 4.90 Å². The van der Waals surface area contributed by atoms with Crippen LogP contribution >= 0.6 is 0 Å². The first-order valence-corrected chi connectivity index (χ1v) is 7.04. The molecule has 1 N–H and O–H groups in total. The van der Waals surface area contributed by atoms with Crippen LogP contribution in [-0.2, 0) is 13.6 Å². The number of nitriles is 1. The molecule has 6 nitrogen and oxygen atoms in total. The fourth-order valence-corrected chi connectivity index (χ4v) is 2.09. The van der Waals surface area contributed by atoms with Crippen LogP contribution in [0.3, 0.4) is 0 Å². The van der Waals surface area contributed by atoms with Gasteiger partial charge in [-0.1, -0.05) is 0 Å².